The average Bonchev–Trinajstić information content (AvgIpc) is 3.60. The first-order chi connectivity index (χ1) is 24.3. The summed E-state index contributed by atoms with van der Waals surface area (Å²) < 4.78 is 0. The minimum Gasteiger partial charge on any atom is -0.370 e. The molecule has 232 valence electrons. The van der Waals surface area contributed by atoms with Gasteiger partial charge in [0, 0.05) is 33.0 Å². The molecular formula is C36H16N12O2. The highest BCUT2D eigenvalue weighted by Crippen LogP contribution is 2.45. The third-order valence-electron chi connectivity index (χ3n) is 7.84. The van der Waals surface area contributed by atoms with Crippen LogP contribution in [0.2, 0.25) is 0 Å². The molecule has 0 fully saturated rings. The molecule has 9 rings (SSSR count). The topological polar surface area (TPSA) is 181 Å². The molecule has 4 aromatic carbocycles. The van der Waals surface area contributed by atoms with E-state index in [-0.39, 0.29) is 57.8 Å². The van der Waals surface area contributed by atoms with Gasteiger partial charge in [0.05, 0.1) is 0 Å². The molecule has 0 bridgehead atoms. The lowest BCUT2D eigenvalue weighted by molar-refractivity contribution is 0.0825. The molecule has 2 aliphatic carbocycles. The summed E-state index contributed by atoms with van der Waals surface area (Å²) in [5.41, 5.74) is 15.7. The molecule has 4 N–H and O–H groups in total. The van der Waals surface area contributed by atoms with Crippen molar-refractivity contribution in [2.75, 3.05) is 11.5 Å². The summed E-state index contributed by atoms with van der Waals surface area (Å²) in [6, 6.07) is 22.9. The van der Waals surface area contributed by atoms with Crippen LogP contribution in [0.1, 0.15) is 20.7 Å². The van der Waals surface area contributed by atoms with E-state index in [0.29, 0.717) is 11.1 Å². The van der Waals surface area contributed by atoms with E-state index in [0.717, 1.165) is 44.1 Å². The molecule has 2 aliphatic rings. The zero-order chi connectivity index (χ0) is 35.1. The average molecular weight is 649 g/mol. The highest BCUT2D eigenvalue weighted by Gasteiger charge is 2.30. The third kappa shape index (κ3) is 4.79. The number of hydrogen-bond acceptors (Lipinski definition) is 10. The highest BCUT2D eigenvalue weighted by molar-refractivity contribution is 6.57. The molecule has 3 aromatic heterocycles. The molecule has 14 nitrogen and oxygen atoms in total. The number of ketones is 2. The molecule has 0 radical (unpaired) electrons. The lowest BCUT2D eigenvalue weighted by Crippen LogP contribution is -2.05. The molecule has 0 amide bonds. The van der Waals surface area contributed by atoms with Crippen LogP contribution in [0.4, 0.5) is 34.9 Å². The lowest BCUT2D eigenvalue weighted by atomic mass is 10.0. The number of carbonyl (C=O) groups is 2. The van der Waals surface area contributed by atoms with Crippen molar-refractivity contribution in [2.45, 2.75) is 0 Å². The zero-order valence-corrected chi connectivity index (χ0v) is 25.4. The van der Waals surface area contributed by atoms with Crippen LogP contribution < -0.4 is 11.5 Å². The Morgan fingerprint density at radius 1 is 0.440 bits per heavy atom. The van der Waals surface area contributed by atoms with Crippen molar-refractivity contribution in [3.63, 3.8) is 0 Å². The van der Waals surface area contributed by atoms with E-state index in [9.17, 15) is 9.59 Å². The smallest absolute Gasteiger partial charge is 0.316 e. The summed E-state index contributed by atoms with van der Waals surface area (Å²) in [6.45, 7) is 27.6. The molecule has 7 aromatic rings. The number of carbonyl (C=O) groups excluding carboxylic acids is 2. The summed E-state index contributed by atoms with van der Waals surface area (Å²) in [6.07, 6.45) is 0. The van der Waals surface area contributed by atoms with Gasteiger partial charge in [-0.15, -0.1) is 19.9 Å². The number of nitrogen functional groups attached to an aromatic ring is 2. The van der Waals surface area contributed by atoms with Gasteiger partial charge in [-0.3, -0.25) is 9.59 Å². The van der Waals surface area contributed by atoms with Crippen molar-refractivity contribution in [1.29, 1.82) is 0 Å². The van der Waals surface area contributed by atoms with E-state index < -0.39 is 0 Å². The number of fused-ring (bicyclic) bond motifs is 4. The van der Waals surface area contributed by atoms with E-state index in [4.69, 9.17) is 37.8 Å². The predicted octanol–water partition coefficient (Wildman–Crippen LogP) is 7.28. The molecule has 14 heteroatoms. The second kappa shape index (κ2) is 11.9. The van der Waals surface area contributed by atoms with Gasteiger partial charge in [0.15, 0.2) is 0 Å². The van der Waals surface area contributed by atoms with E-state index in [1.54, 1.807) is 24.3 Å². The summed E-state index contributed by atoms with van der Waals surface area (Å²) in [4.78, 5) is 60.2. The van der Waals surface area contributed by atoms with Crippen LogP contribution >= 0.6 is 0 Å². The van der Waals surface area contributed by atoms with Gasteiger partial charge in [0.25, 0.3) is 34.9 Å². The van der Waals surface area contributed by atoms with Gasteiger partial charge in [-0.05, 0) is 10.8 Å². The first-order valence-corrected chi connectivity index (χ1v) is 14.4. The SMILES string of the molecule is O=C1C(=O)c2cccc3cccc1c23.[C-]#[N+]c1nc(N)c(N)nc1[N+]#[C-].[C-]#[N+]c1nc2nc3c(nc2nc1[N+]#[C-])-c1cccc2cccc-3c12. The summed E-state index contributed by atoms with van der Waals surface area (Å²) >= 11 is 0. The Balaban J connectivity index is 0.000000129. The Kier molecular flexibility index (Phi) is 7.23. The monoisotopic (exact) mass is 648 g/mol. The quantitative estimate of drug-likeness (QED) is 0.125. The molecule has 0 saturated carbocycles. The van der Waals surface area contributed by atoms with Crippen LogP contribution in [0, 0.1) is 26.3 Å². The molecule has 50 heavy (non-hydrogen) atoms. The van der Waals surface area contributed by atoms with Gasteiger partial charge < -0.3 is 30.8 Å². The summed E-state index contributed by atoms with van der Waals surface area (Å²) in [5, 5.41) is 4.00. The van der Waals surface area contributed by atoms with E-state index in [1.165, 1.54) is 0 Å². The Labute approximate surface area is 282 Å². The van der Waals surface area contributed by atoms with Gasteiger partial charge in [0.1, 0.15) is 11.4 Å². The van der Waals surface area contributed by atoms with E-state index in [2.05, 4.69) is 61.4 Å². The fourth-order valence-corrected chi connectivity index (χ4v) is 5.69. The van der Waals surface area contributed by atoms with Crippen LogP contribution in [-0.2, 0) is 0 Å². The van der Waals surface area contributed by atoms with Crippen molar-refractivity contribution in [3.8, 4) is 22.5 Å². The number of hydrogen-bond donors (Lipinski definition) is 2. The normalized spacial score (nSPS) is 11.4. The maximum Gasteiger partial charge on any atom is 0.316 e. The lowest BCUT2D eigenvalue weighted by Gasteiger charge is -2.00. The maximum absolute atomic E-state index is 11.5. The van der Waals surface area contributed by atoms with E-state index in [1.807, 2.05) is 36.4 Å². The molecule has 0 spiro atoms. The number of aromatic nitrogens is 6. The van der Waals surface area contributed by atoms with Crippen LogP contribution in [0.5, 0.6) is 0 Å². The number of benzene rings is 4. The van der Waals surface area contributed by atoms with E-state index >= 15 is 0 Å². The predicted molar refractivity (Wildman–Crippen MR) is 186 cm³/mol. The van der Waals surface area contributed by atoms with Crippen LogP contribution in [0.15, 0.2) is 72.8 Å². The Morgan fingerprint density at radius 2 is 0.760 bits per heavy atom. The van der Waals surface area contributed by atoms with Gasteiger partial charge in [-0.25, -0.2) is 0 Å². The molecule has 0 aliphatic heterocycles. The van der Waals surface area contributed by atoms with Gasteiger partial charge in [-0.2, -0.15) is 9.97 Å². The molecule has 0 atom stereocenters. The van der Waals surface area contributed by atoms with Crippen molar-refractivity contribution in [2.24, 2.45) is 0 Å². The number of nitrogens with two attached hydrogens (primary N) is 2. The fourth-order valence-electron chi connectivity index (χ4n) is 5.69. The second-order valence-corrected chi connectivity index (χ2v) is 10.6. The van der Waals surface area contributed by atoms with Crippen LogP contribution in [0.3, 0.4) is 0 Å². The van der Waals surface area contributed by atoms with Crippen LogP contribution in [0.25, 0.3) is 74.7 Å². The number of rotatable bonds is 0. The molecular weight excluding hydrogens is 632 g/mol. The number of anilines is 2. The fraction of sp³-hybridized carbons (Fsp3) is 0. The molecule has 0 unspecified atom stereocenters. The first kappa shape index (κ1) is 30.5. The Morgan fingerprint density at radius 3 is 1.12 bits per heavy atom. The summed E-state index contributed by atoms with van der Waals surface area (Å²) in [7, 11) is 0. The number of nitrogens with zero attached hydrogens (tertiary/aromatic N) is 10. The zero-order valence-electron chi connectivity index (χ0n) is 25.4. The largest absolute Gasteiger partial charge is 0.370 e. The highest BCUT2D eigenvalue weighted by atomic mass is 16.2. The van der Waals surface area contributed by atoms with Crippen molar-refractivity contribution in [1.82, 2.24) is 29.9 Å². The first-order valence-electron chi connectivity index (χ1n) is 14.4. The Bertz CT molecular complexity index is 2660. The molecule has 0 saturated heterocycles. The third-order valence-corrected chi connectivity index (χ3v) is 7.84. The van der Waals surface area contributed by atoms with Gasteiger partial charge in [-0.1, -0.05) is 99.1 Å². The second-order valence-electron chi connectivity index (χ2n) is 10.6. The molecule has 3 heterocycles. The number of Topliss-reactive ketones (excluding diaryl/α,β-unsaturated/α-hetero) is 2. The summed E-state index contributed by atoms with van der Waals surface area (Å²) in [5.74, 6) is -1.11. The van der Waals surface area contributed by atoms with Crippen molar-refractivity contribution < 1.29 is 9.59 Å². The Hall–Kier alpha value is -8.20. The van der Waals surface area contributed by atoms with Crippen molar-refractivity contribution >= 4 is 79.3 Å². The van der Waals surface area contributed by atoms with Gasteiger partial charge >= 0.3 is 11.3 Å². The van der Waals surface area contributed by atoms with Crippen LogP contribution in [-0.4, -0.2) is 41.5 Å². The standard InChI is InChI=1S/C18H6N6.C12H6O2.C6H4N6/c1-19-15-16(20-2)24-18-17(23-15)21-13-10-7-3-5-9-6-4-8-11(12(9)10)14(13)22-18;13-11-8-5-1-3-7-4-2-6-9(10(7)8)12(11)14;1-9-5-6(10-2)12-4(8)3(7)11-5/h3-8H;1-6H;(H2,7,11)(H2,8,12). The maximum atomic E-state index is 11.5. The van der Waals surface area contributed by atoms with Gasteiger partial charge in [0.2, 0.25) is 11.6 Å². The minimum absolute atomic E-state index is 0.0200. The van der Waals surface area contributed by atoms with Crippen molar-refractivity contribution in [3.05, 3.63) is 130 Å². The minimum atomic E-state index is -0.378.